The maximum Gasteiger partial charge on any atom is 0.303 e. The molecule has 1 saturated carbocycles. The van der Waals surface area contributed by atoms with Crippen LogP contribution in [0.25, 0.3) is 11.1 Å². The molecular formula is C30H33NO6. The van der Waals surface area contributed by atoms with Crippen molar-refractivity contribution in [3.8, 4) is 16.9 Å². The van der Waals surface area contributed by atoms with E-state index in [0.29, 0.717) is 44.3 Å². The maximum absolute atomic E-state index is 13.6. The molecule has 3 aromatic rings. The number of hydrogen-bond acceptors (Lipinski definition) is 5. The Kier molecular flexibility index (Phi) is 8.26. The molecule has 0 saturated heterocycles. The highest BCUT2D eigenvalue weighted by atomic mass is 16.5. The average molecular weight is 504 g/mol. The van der Waals surface area contributed by atoms with E-state index in [4.69, 9.17) is 9.84 Å². The summed E-state index contributed by atoms with van der Waals surface area (Å²) in [5.74, 6) is -3.58. The number of unbranched alkanes of at least 4 members (excludes halogenated alkanes) is 2. The van der Waals surface area contributed by atoms with Crippen molar-refractivity contribution in [2.75, 3.05) is 6.61 Å². The van der Waals surface area contributed by atoms with Gasteiger partial charge < -0.3 is 20.1 Å². The van der Waals surface area contributed by atoms with Crippen molar-refractivity contribution in [1.29, 1.82) is 0 Å². The number of hydrogen-bond donors (Lipinski definition) is 3. The lowest BCUT2D eigenvalue weighted by molar-refractivity contribution is -0.259. The molecule has 0 aliphatic heterocycles. The third-order valence-electron chi connectivity index (χ3n) is 6.60. The van der Waals surface area contributed by atoms with Crippen LogP contribution in [-0.2, 0) is 10.7 Å². The van der Waals surface area contributed by atoms with Crippen molar-refractivity contribution in [3.63, 3.8) is 0 Å². The van der Waals surface area contributed by atoms with Crippen molar-refractivity contribution in [1.82, 2.24) is 4.90 Å². The smallest absolute Gasteiger partial charge is 0.303 e. The molecular weight excluding hydrogens is 470 g/mol. The lowest BCUT2D eigenvalue weighted by Crippen LogP contribution is -2.51. The van der Waals surface area contributed by atoms with Gasteiger partial charge >= 0.3 is 5.97 Å². The average Bonchev–Trinajstić information content (AvgIpc) is 3.71. The quantitative estimate of drug-likeness (QED) is 0.235. The van der Waals surface area contributed by atoms with Crippen LogP contribution in [0, 0.1) is 6.92 Å². The first-order valence-corrected chi connectivity index (χ1v) is 12.7. The Morgan fingerprint density at radius 2 is 1.59 bits per heavy atom. The fourth-order valence-corrected chi connectivity index (χ4v) is 4.46. The molecule has 1 aliphatic carbocycles. The molecule has 194 valence electrons. The first kappa shape index (κ1) is 26.4. The molecule has 7 nitrogen and oxygen atoms in total. The number of aliphatic hydroxyl groups is 2. The van der Waals surface area contributed by atoms with Crippen molar-refractivity contribution < 1.29 is 29.6 Å². The van der Waals surface area contributed by atoms with Crippen molar-refractivity contribution >= 4 is 11.9 Å². The van der Waals surface area contributed by atoms with Crippen LogP contribution in [0.4, 0.5) is 0 Å². The van der Waals surface area contributed by atoms with E-state index >= 15 is 0 Å². The number of para-hydroxylation sites is 1. The highest BCUT2D eigenvalue weighted by Crippen LogP contribution is 2.40. The number of carboxylic acids is 1. The number of ether oxygens (including phenoxy) is 1. The molecule has 0 spiro atoms. The molecule has 3 N–H and O–H groups in total. The molecule has 1 aliphatic rings. The summed E-state index contributed by atoms with van der Waals surface area (Å²) in [6.07, 6.45) is 3.34. The SMILES string of the molecule is Cc1ccccc1-c1ccc(C(=O)N(C2CC2)C(O)(O)c2ccccc2OCCCCCC(=O)O)cc1. The van der Waals surface area contributed by atoms with E-state index in [2.05, 4.69) is 0 Å². The number of amides is 1. The number of carbonyl (C=O) groups excluding carboxylic acids is 1. The Balaban J connectivity index is 1.51. The van der Waals surface area contributed by atoms with Crippen LogP contribution in [-0.4, -0.2) is 44.7 Å². The van der Waals surface area contributed by atoms with E-state index in [9.17, 15) is 19.8 Å². The molecule has 7 heteroatoms. The fraction of sp³-hybridized carbons (Fsp3) is 0.333. The number of benzene rings is 3. The van der Waals surface area contributed by atoms with Gasteiger partial charge in [0.1, 0.15) is 5.75 Å². The van der Waals surface area contributed by atoms with Gasteiger partial charge in [0.05, 0.1) is 12.2 Å². The predicted molar refractivity (Wildman–Crippen MR) is 140 cm³/mol. The Hall–Kier alpha value is -3.68. The first-order valence-electron chi connectivity index (χ1n) is 12.7. The Bertz CT molecular complexity index is 1230. The van der Waals surface area contributed by atoms with Crippen LogP contribution in [0.15, 0.2) is 72.8 Å². The summed E-state index contributed by atoms with van der Waals surface area (Å²) in [7, 11) is 0. The summed E-state index contributed by atoms with van der Waals surface area (Å²) in [6, 6.07) is 21.5. The number of aliphatic carboxylic acids is 1. The fourth-order valence-electron chi connectivity index (χ4n) is 4.46. The third kappa shape index (κ3) is 6.37. The summed E-state index contributed by atoms with van der Waals surface area (Å²) < 4.78 is 5.84. The van der Waals surface area contributed by atoms with Gasteiger partial charge in [0, 0.05) is 18.0 Å². The zero-order valence-electron chi connectivity index (χ0n) is 21.0. The molecule has 0 heterocycles. The van der Waals surface area contributed by atoms with Crippen LogP contribution >= 0.6 is 0 Å². The monoisotopic (exact) mass is 503 g/mol. The minimum atomic E-state index is -2.56. The highest BCUT2D eigenvalue weighted by molar-refractivity contribution is 5.95. The number of carboxylic acid groups (broad SMARTS) is 1. The van der Waals surface area contributed by atoms with E-state index in [1.165, 1.54) is 0 Å². The maximum atomic E-state index is 13.6. The van der Waals surface area contributed by atoms with Crippen LogP contribution < -0.4 is 4.74 Å². The predicted octanol–water partition coefficient (Wildman–Crippen LogP) is 5.09. The summed E-state index contributed by atoms with van der Waals surface area (Å²) in [5.41, 5.74) is 3.65. The topological polar surface area (TPSA) is 107 Å². The van der Waals surface area contributed by atoms with E-state index < -0.39 is 17.8 Å². The van der Waals surface area contributed by atoms with Gasteiger partial charge in [0.15, 0.2) is 0 Å². The highest BCUT2D eigenvalue weighted by Gasteiger charge is 2.48. The molecule has 3 aromatic carbocycles. The van der Waals surface area contributed by atoms with Crippen LogP contribution in [0.3, 0.4) is 0 Å². The minimum absolute atomic E-state index is 0.0947. The van der Waals surface area contributed by atoms with Gasteiger partial charge in [0.2, 0.25) is 0 Å². The van der Waals surface area contributed by atoms with Crippen LogP contribution in [0.5, 0.6) is 5.75 Å². The van der Waals surface area contributed by atoms with Gasteiger partial charge in [-0.2, -0.15) is 0 Å². The van der Waals surface area contributed by atoms with Gasteiger partial charge in [-0.05, 0) is 80.0 Å². The minimum Gasteiger partial charge on any atom is -0.493 e. The molecule has 1 amide bonds. The largest absolute Gasteiger partial charge is 0.493 e. The summed E-state index contributed by atoms with van der Waals surface area (Å²) in [4.78, 5) is 25.4. The Labute approximate surface area is 216 Å². The van der Waals surface area contributed by atoms with E-state index in [0.717, 1.165) is 21.6 Å². The second-order valence-corrected chi connectivity index (χ2v) is 9.48. The summed E-state index contributed by atoms with van der Waals surface area (Å²) >= 11 is 0. The Morgan fingerprint density at radius 1 is 0.919 bits per heavy atom. The molecule has 0 bridgehead atoms. The van der Waals surface area contributed by atoms with Crippen molar-refractivity contribution in [2.24, 2.45) is 0 Å². The molecule has 0 aromatic heterocycles. The molecule has 37 heavy (non-hydrogen) atoms. The Morgan fingerprint density at radius 3 is 2.27 bits per heavy atom. The molecule has 0 unspecified atom stereocenters. The summed E-state index contributed by atoms with van der Waals surface area (Å²) in [5, 5.41) is 31.5. The third-order valence-corrected chi connectivity index (χ3v) is 6.60. The van der Waals surface area contributed by atoms with E-state index in [-0.39, 0.29) is 23.8 Å². The lowest BCUT2D eigenvalue weighted by atomic mass is 9.99. The normalized spacial score (nSPS) is 13.3. The first-order chi connectivity index (χ1) is 17.8. The molecule has 4 rings (SSSR count). The summed E-state index contributed by atoms with van der Waals surface area (Å²) in [6.45, 7) is 2.33. The number of carbonyl (C=O) groups is 2. The van der Waals surface area contributed by atoms with Gasteiger partial charge in [0.25, 0.3) is 11.8 Å². The zero-order valence-corrected chi connectivity index (χ0v) is 21.0. The molecule has 0 radical (unpaired) electrons. The van der Waals surface area contributed by atoms with Gasteiger partial charge in [-0.15, -0.1) is 0 Å². The van der Waals surface area contributed by atoms with Gasteiger partial charge in [-0.3, -0.25) is 14.5 Å². The van der Waals surface area contributed by atoms with Crippen LogP contribution in [0.2, 0.25) is 0 Å². The number of nitrogens with zero attached hydrogens (tertiary/aromatic N) is 1. The van der Waals surface area contributed by atoms with Gasteiger partial charge in [-0.25, -0.2) is 0 Å². The second kappa shape index (κ2) is 11.6. The van der Waals surface area contributed by atoms with E-state index in [1.807, 2.05) is 43.3 Å². The molecule has 1 fully saturated rings. The van der Waals surface area contributed by atoms with E-state index in [1.54, 1.807) is 36.4 Å². The second-order valence-electron chi connectivity index (χ2n) is 9.48. The standard InChI is InChI=1S/C30H33NO6/c1-21-9-4-5-10-25(21)22-14-16-23(17-15-22)29(34)31(24-18-19-24)30(35,36)26-11-6-7-12-27(26)37-20-8-2-3-13-28(32)33/h4-7,9-12,14-17,24,35-36H,2-3,8,13,18-20H2,1H3,(H,32,33). The number of rotatable bonds is 12. The number of aryl methyl sites for hydroxylation is 1. The van der Waals surface area contributed by atoms with Crippen LogP contribution in [0.1, 0.15) is 60.0 Å². The lowest BCUT2D eigenvalue weighted by Gasteiger charge is -2.36. The van der Waals surface area contributed by atoms with Crippen molar-refractivity contribution in [2.45, 2.75) is 57.4 Å². The zero-order chi connectivity index (χ0) is 26.4. The van der Waals surface area contributed by atoms with Gasteiger partial charge in [-0.1, -0.05) is 48.5 Å². The van der Waals surface area contributed by atoms with Crippen molar-refractivity contribution in [3.05, 3.63) is 89.5 Å². The molecule has 0 atom stereocenters.